The van der Waals surface area contributed by atoms with Gasteiger partial charge in [-0.2, -0.15) is 5.10 Å². The van der Waals surface area contributed by atoms with Gasteiger partial charge in [-0.3, -0.25) is 4.79 Å². The van der Waals surface area contributed by atoms with Gasteiger partial charge in [-0.25, -0.2) is 9.50 Å². The fourth-order valence-electron chi connectivity index (χ4n) is 1.32. The standard InChI is InChI=1S/C9H9N3O2/c1-6-10-8-3-2-7(4-9(13)14)5-12(8)11-6/h2-3,5H,4H2,1H3,(H,13,14). The van der Waals surface area contributed by atoms with Crippen molar-refractivity contribution in [2.75, 3.05) is 0 Å². The van der Waals surface area contributed by atoms with E-state index in [1.807, 2.05) is 0 Å². The molecule has 2 rings (SSSR count). The third-order valence-electron chi connectivity index (χ3n) is 1.85. The Morgan fingerprint density at radius 2 is 2.36 bits per heavy atom. The lowest BCUT2D eigenvalue weighted by molar-refractivity contribution is -0.136. The van der Waals surface area contributed by atoms with Crippen LogP contribution in [-0.4, -0.2) is 25.7 Å². The van der Waals surface area contributed by atoms with E-state index >= 15 is 0 Å². The van der Waals surface area contributed by atoms with Gasteiger partial charge in [0.25, 0.3) is 0 Å². The first-order valence-corrected chi connectivity index (χ1v) is 4.19. The molecule has 14 heavy (non-hydrogen) atoms. The maximum Gasteiger partial charge on any atom is 0.307 e. The minimum absolute atomic E-state index is 0.00878. The molecule has 2 aromatic rings. The van der Waals surface area contributed by atoms with Crippen molar-refractivity contribution in [2.45, 2.75) is 13.3 Å². The number of carbonyl (C=O) groups is 1. The summed E-state index contributed by atoms with van der Waals surface area (Å²) >= 11 is 0. The third-order valence-corrected chi connectivity index (χ3v) is 1.85. The highest BCUT2D eigenvalue weighted by Crippen LogP contribution is 2.05. The summed E-state index contributed by atoms with van der Waals surface area (Å²) in [4.78, 5) is 14.6. The first-order chi connectivity index (χ1) is 6.65. The van der Waals surface area contributed by atoms with E-state index in [-0.39, 0.29) is 6.42 Å². The minimum atomic E-state index is -0.846. The molecule has 0 aliphatic heterocycles. The van der Waals surface area contributed by atoms with Gasteiger partial charge < -0.3 is 5.11 Å². The molecule has 2 aromatic heterocycles. The van der Waals surface area contributed by atoms with Crippen molar-refractivity contribution in [1.82, 2.24) is 14.6 Å². The Kier molecular flexibility index (Phi) is 1.92. The molecule has 0 saturated carbocycles. The predicted molar refractivity (Wildman–Crippen MR) is 49.1 cm³/mol. The number of carboxylic acids is 1. The molecule has 0 aromatic carbocycles. The highest BCUT2D eigenvalue weighted by Gasteiger charge is 2.03. The lowest BCUT2D eigenvalue weighted by Gasteiger charge is -1.96. The van der Waals surface area contributed by atoms with E-state index in [4.69, 9.17) is 5.11 Å². The molecule has 0 atom stereocenters. The minimum Gasteiger partial charge on any atom is -0.481 e. The summed E-state index contributed by atoms with van der Waals surface area (Å²) in [5.41, 5.74) is 1.45. The molecule has 0 saturated heterocycles. The van der Waals surface area contributed by atoms with Crippen LogP contribution in [0.25, 0.3) is 5.65 Å². The molecule has 72 valence electrons. The van der Waals surface area contributed by atoms with Gasteiger partial charge in [0.2, 0.25) is 0 Å². The fraction of sp³-hybridized carbons (Fsp3) is 0.222. The molecule has 1 N–H and O–H groups in total. The summed E-state index contributed by atoms with van der Waals surface area (Å²) in [6.45, 7) is 1.80. The highest BCUT2D eigenvalue weighted by atomic mass is 16.4. The van der Waals surface area contributed by atoms with Gasteiger partial charge in [0.05, 0.1) is 6.42 Å². The van der Waals surface area contributed by atoms with E-state index in [0.29, 0.717) is 5.82 Å². The molecule has 0 bridgehead atoms. The van der Waals surface area contributed by atoms with Crippen molar-refractivity contribution < 1.29 is 9.90 Å². The molecule has 0 radical (unpaired) electrons. The third kappa shape index (κ3) is 1.56. The number of pyridine rings is 1. The summed E-state index contributed by atoms with van der Waals surface area (Å²) in [7, 11) is 0. The Balaban J connectivity index is 2.45. The van der Waals surface area contributed by atoms with Crippen molar-refractivity contribution in [1.29, 1.82) is 0 Å². The first kappa shape index (κ1) is 8.68. The zero-order valence-corrected chi connectivity index (χ0v) is 7.64. The number of aryl methyl sites for hydroxylation is 1. The van der Waals surface area contributed by atoms with Crippen LogP contribution in [0, 0.1) is 6.92 Å². The molecule has 0 amide bonds. The molecule has 5 nitrogen and oxygen atoms in total. The summed E-state index contributed by atoms with van der Waals surface area (Å²) in [6, 6.07) is 3.51. The molecule has 0 spiro atoms. The lowest BCUT2D eigenvalue weighted by Crippen LogP contribution is -2.01. The van der Waals surface area contributed by atoms with Crippen LogP contribution in [0.1, 0.15) is 11.4 Å². The van der Waals surface area contributed by atoms with Crippen LogP contribution in [0.3, 0.4) is 0 Å². The number of rotatable bonds is 2. The SMILES string of the molecule is Cc1nc2ccc(CC(=O)O)cn2n1. The average Bonchev–Trinajstić information content (AvgIpc) is 2.42. The quantitative estimate of drug-likeness (QED) is 0.757. The number of aliphatic carboxylic acids is 1. The topological polar surface area (TPSA) is 67.5 Å². The van der Waals surface area contributed by atoms with Crippen LogP contribution in [0.15, 0.2) is 18.3 Å². The van der Waals surface area contributed by atoms with Gasteiger partial charge >= 0.3 is 5.97 Å². The van der Waals surface area contributed by atoms with Gasteiger partial charge in [-0.05, 0) is 18.6 Å². The summed E-state index contributed by atoms with van der Waals surface area (Å²) in [5.74, 6) is -0.168. The maximum absolute atomic E-state index is 10.5. The van der Waals surface area contributed by atoms with Crippen LogP contribution in [-0.2, 0) is 11.2 Å². The Labute approximate surface area is 80.0 Å². The lowest BCUT2D eigenvalue weighted by atomic mass is 10.2. The van der Waals surface area contributed by atoms with Gasteiger partial charge in [-0.15, -0.1) is 0 Å². The van der Waals surface area contributed by atoms with Gasteiger partial charge in [0.1, 0.15) is 5.82 Å². The van der Waals surface area contributed by atoms with Gasteiger partial charge in [-0.1, -0.05) is 6.07 Å². The molecule has 0 fully saturated rings. The molecule has 0 unspecified atom stereocenters. The molecular formula is C9H9N3O2. The van der Waals surface area contributed by atoms with Crippen LogP contribution in [0.2, 0.25) is 0 Å². The van der Waals surface area contributed by atoms with Crippen LogP contribution < -0.4 is 0 Å². The van der Waals surface area contributed by atoms with Crippen molar-refractivity contribution in [2.24, 2.45) is 0 Å². The molecule has 0 aliphatic carbocycles. The Morgan fingerprint density at radius 1 is 1.57 bits per heavy atom. The zero-order chi connectivity index (χ0) is 10.1. The van der Waals surface area contributed by atoms with Crippen LogP contribution in [0.5, 0.6) is 0 Å². The van der Waals surface area contributed by atoms with E-state index in [1.54, 1.807) is 29.8 Å². The number of nitrogens with zero attached hydrogens (tertiary/aromatic N) is 3. The molecule has 0 aliphatic rings. The normalized spacial score (nSPS) is 10.6. The summed E-state index contributed by atoms with van der Waals surface area (Å²) < 4.78 is 1.59. The van der Waals surface area contributed by atoms with Crippen LogP contribution >= 0.6 is 0 Å². The summed E-state index contributed by atoms with van der Waals surface area (Å²) in [5, 5.41) is 12.7. The predicted octanol–water partition coefficient (Wildman–Crippen LogP) is 0.665. The van der Waals surface area contributed by atoms with Crippen molar-refractivity contribution in [3.63, 3.8) is 0 Å². The number of hydrogen-bond donors (Lipinski definition) is 1. The van der Waals surface area contributed by atoms with Gasteiger partial charge in [0.15, 0.2) is 5.65 Å². The Bertz CT molecular complexity index is 490. The number of hydrogen-bond acceptors (Lipinski definition) is 3. The van der Waals surface area contributed by atoms with Gasteiger partial charge in [0, 0.05) is 6.20 Å². The van der Waals surface area contributed by atoms with E-state index in [9.17, 15) is 4.79 Å². The smallest absolute Gasteiger partial charge is 0.307 e. The second-order valence-corrected chi connectivity index (χ2v) is 3.07. The highest BCUT2D eigenvalue weighted by molar-refractivity contribution is 5.70. The van der Waals surface area contributed by atoms with E-state index in [0.717, 1.165) is 11.2 Å². The van der Waals surface area contributed by atoms with Crippen molar-refractivity contribution >= 4 is 11.6 Å². The van der Waals surface area contributed by atoms with Crippen LogP contribution in [0.4, 0.5) is 0 Å². The average molecular weight is 191 g/mol. The van der Waals surface area contributed by atoms with Crippen molar-refractivity contribution in [3.05, 3.63) is 29.7 Å². The zero-order valence-electron chi connectivity index (χ0n) is 7.64. The maximum atomic E-state index is 10.5. The molecule has 5 heteroatoms. The second kappa shape index (κ2) is 3.10. The summed E-state index contributed by atoms with van der Waals surface area (Å²) in [6.07, 6.45) is 1.69. The second-order valence-electron chi connectivity index (χ2n) is 3.07. The first-order valence-electron chi connectivity index (χ1n) is 4.19. The van der Waals surface area contributed by atoms with E-state index in [2.05, 4.69) is 10.1 Å². The largest absolute Gasteiger partial charge is 0.481 e. The number of carboxylic acid groups (broad SMARTS) is 1. The fourth-order valence-corrected chi connectivity index (χ4v) is 1.32. The molecular weight excluding hydrogens is 182 g/mol. The monoisotopic (exact) mass is 191 g/mol. The Hall–Kier alpha value is -1.91. The van der Waals surface area contributed by atoms with E-state index < -0.39 is 5.97 Å². The Morgan fingerprint density at radius 3 is 3.07 bits per heavy atom. The number of aromatic nitrogens is 3. The molecule has 2 heterocycles. The number of fused-ring (bicyclic) bond motifs is 1. The van der Waals surface area contributed by atoms with E-state index in [1.165, 1.54) is 0 Å². The van der Waals surface area contributed by atoms with Crippen molar-refractivity contribution in [3.8, 4) is 0 Å².